The number of nitrogens with one attached hydrogen (secondary N) is 3. The van der Waals surface area contributed by atoms with E-state index in [1.165, 1.54) is 4.90 Å². The molecular weight excluding hydrogens is 416 g/mol. The molecule has 2 heterocycles. The number of carbonyl (C=O) groups is 5. The number of nitrogens with zero attached hydrogens (tertiary/aromatic N) is 1. The number of carbonyl (C=O) groups excluding carboxylic acids is 4. The molecule has 2 aliphatic rings. The largest absolute Gasteiger partial charge is 0.481 e. The second-order valence-corrected chi connectivity index (χ2v) is 7.96. The second-order valence-electron chi connectivity index (χ2n) is 7.96. The third-order valence-electron chi connectivity index (χ3n) is 5.64. The number of benzene rings is 1. The van der Waals surface area contributed by atoms with Crippen LogP contribution in [0.2, 0.25) is 0 Å². The highest BCUT2D eigenvalue weighted by Gasteiger charge is 2.39. The van der Waals surface area contributed by atoms with Gasteiger partial charge in [-0.05, 0) is 31.4 Å². The third kappa shape index (κ3) is 5.83. The van der Waals surface area contributed by atoms with Gasteiger partial charge >= 0.3 is 5.97 Å². The summed E-state index contributed by atoms with van der Waals surface area (Å²) in [7, 11) is 0. The van der Waals surface area contributed by atoms with Crippen molar-refractivity contribution in [3.63, 3.8) is 0 Å². The molecule has 4 N–H and O–H groups in total. The summed E-state index contributed by atoms with van der Waals surface area (Å²) in [5.74, 6) is -2.02. The van der Waals surface area contributed by atoms with Crippen LogP contribution in [0.3, 0.4) is 0 Å². The van der Waals surface area contributed by atoms with Crippen molar-refractivity contribution in [3.8, 4) is 0 Å². The number of fused-ring (bicyclic) bond motifs is 1. The molecule has 0 radical (unpaired) electrons. The Balaban J connectivity index is 1.44. The molecule has 10 heteroatoms. The van der Waals surface area contributed by atoms with Crippen LogP contribution in [0, 0.1) is 0 Å². The van der Waals surface area contributed by atoms with E-state index in [0.717, 1.165) is 24.1 Å². The molecule has 1 aromatic rings. The van der Waals surface area contributed by atoms with Gasteiger partial charge in [-0.3, -0.25) is 29.3 Å². The number of carboxylic acids is 1. The molecule has 1 atom stereocenters. The molecule has 2 aliphatic heterocycles. The van der Waals surface area contributed by atoms with E-state index >= 15 is 0 Å². The van der Waals surface area contributed by atoms with Crippen LogP contribution in [0.1, 0.15) is 60.9 Å². The van der Waals surface area contributed by atoms with Crippen LogP contribution in [0.15, 0.2) is 18.2 Å². The molecule has 1 aromatic carbocycles. The number of hydrogen-bond donors (Lipinski definition) is 4. The Kier molecular flexibility index (Phi) is 7.80. The second kappa shape index (κ2) is 10.7. The lowest BCUT2D eigenvalue weighted by atomic mass is 10.0. The van der Waals surface area contributed by atoms with Gasteiger partial charge in [0.05, 0.1) is 6.42 Å². The van der Waals surface area contributed by atoms with Crippen molar-refractivity contribution in [3.05, 3.63) is 29.3 Å². The predicted octanol–water partition coefficient (Wildman–Crippen LogP) is 1.01. The predicted molar refractivity (Wildman–Crippen MR) is 115 cm³/mol. The first-order valence-corrected chi connectivity index (χ1v) is 10.9. The molecule has 0 aliphatic carbocycles. The number of hydrogen-bond acceptors (Lipinski definition) is 6. The summed E-state index contributed by atoms with van der Waals surface area (Å²) in [5.41, 5.74) is 2.26. The van der Waals surface area contributed by atoms with Crippen LogP contribution in [0.4, 0.5) is 5.69 Å². The molecule has 10 nitrogen and oxygen atoms in total. The third-order valence-corrected chi connectivity index (χ3v) is 5.64. The van der Waals surface area contributed by atoms with Crippen LogP contribution >= 0.6 is 0 Å². The average Bonchev–Trinajstić information content (AvgIpc) is 3.07. The zero-order valence-corrected chi connectivity index (χ0v) is 17.8. The highest BCUT2D eigenvalue weighted by atomic mass is 16.4. The number of amides is 4. The molecule has 0 aromatic heterocycles. The van der Waals surface area contributed by atoms with E-state index in [0.29, 0.717) is 37.9 Å². The number of piperidine rings is 1. The maximum atomic E-state index is 12.8. The number of aliphatic carboxylic acids is 1. The fraction of sp³-hybridized carbons (Fsp3) is 0.500. The van der Waals surface area contributed by atoms with Gasteiger partial charge in [-0.15, -0.1) is 0 Å². The van der Waals surface area contributed by atoms with Gasteiger partial charge in [0.15, 0.2) is 0 Å². The highest BCUT2D eigenvalue weighted by molar-refractivity contribution is 6.06. The van der Waals surface area contributed by atoms with E-state index in [1.54, 1.807) is 12.1 Å². The topological polar surface area (TPSA) is 145 Å². The number of imide groups is 1. The van der Waals surface area contributed by atoms with Gasteiger partial charge in [0.25, 0.3) is 5.91 Å². The Morgan fingerprint density at radius 2 is 1.91 bits per heavy atom. The fourth-order valence-electron chi connectivity index (χ4n) is 3.96. The number of rotatable bonds is 11. The van der Waals surface area contributed by atoms with Crippen LogP contribution in [0.25, 0.3) is 0 Å². The normalized spacial score (nSPS) is 17.7. The Morgan fingerprint density at radius 1 is 1.09 bits per heavy atom. The van der Waals surface area contributed by atoms with Crippen LogP contribution in [0.5, 0.6) is 0 Å². The average molecular weight is 444 g/mol. The molecule has 3 rings (SSSR count). The van der Waals surface area contributed by atoms with E-state index in [9.17, 15) is 24.0 Å². The number of unbranched alkanes of at least 4 members (excludes halogenated alkanes) is 2. The first kappa shape index (κ1) is 23.2. The van der Waals surface area contributed by atoms with Crippen molar-refractivity contribution in [1.82, 2.24) is 15.5 Å². The van der Waals surface area contributed by atoms with Crippen molar-refractivity contribution in [2.24, 2.45) is 0 Å². The van der Waals surface area contributed by atoms with Gasteiger partial charge in [0.1, 0.15) is 6.04 Å². The minimum Gasteiger partial charge on any atom is -0.481 e. The lowest BCUT2D eigenvalue weighted by Crippen LogP contribution is -2.52. The van der Waals surface area contributed by atoms with E-state index in [4.69, 9.17) is 5.11 Å². The SMILES string of the molecule is O=C(O)CCNC(=O)CCCCCNc1cccc2c1CN(C1CCC(=O)NC1=O)C2=O. The summed E-state index contributed by atoms with van der Waals surface area (Å²) in [5, 5.41) is 16.8. The van der Waals surface area contributed by atoms with Crippen LogP contribution in [-0.2, 0) is 25.7 Å². The van der Waals surface area contributed by atoms with Crippen molar-refractivity contribution in [2.45, 2.75) is 57.5 Å². The van der Waals surface area contributed by atoms with Gasteiger partial charge in [0, 0.05) is 49.3 Å². The van der Waals surface area contributed by atoms with Gasteiger partial charge in [-0.25, -0.2) is 0 Å². The fourth-order valence-corrected chi connectivity index (χ4v) is 3.96. The standard InChI is InChI=1S/C22H28N4O6/c27-18(24-12-10-20(29)30)7-2-1-3-11-23-16-6-4-5-14-15(16)13-26(22(14)32)17-8-9-19(28)25-21(17)31/h4-6,17,23H,1-3,7-13H2,(H,24,27)(H,29,30)(H,25,28,31). The molecule has 4 amide bonds. The highest BCUT2D eigenvalue weighted by Crippen LogP contribution is 2.32. The minimum absolute atomic E-state index is 0.0828. The number of anilines is 1. The minimum atomic E-state index is -0.939. The first-order chi connectivity index (χ1) is 15.4. The molecule has 0 spiro atoms. The van der Waals surface area contributed by atoms with E-state index in [-0.39, 0.29) is 37.1 Å². The first-order valence-electron chi connectivity index (χ1n) is 10.9. The molecular formula is C22H28N4O6. The summed E-state index contributed by atoms with van der Waals surface area (Å²) >= 11 is 0. The van der Waals surface area contributed by atoms with Crippen LogP contribution in [-0.4, -0.2) is 58.7 Å². The molecule has 172 valence electrons. The molecule has 32 heavy (non-hydrogen) atoms. The molecule has 0 saturated carbocycles. The number of carboxylic acid groups (broad SMARTS) is 1. The van der Waals surface area contributed by atoms with Crippen LogP contribution < -0.4 is 16.0 Å². The van der Waals surface area contributed by atoms with E-state index in [2.05, 4.69) is 16.0 Å². The summed E-state index contributed by atoms with van der Waals surface area (Å²) in [6.45, 7) is 1.13. The Labute approximate surface area is 185 Å². The molecule has 1 fully saturated rings. The van der Waals surface area contributed by atoms with Gasteiger partial charge < -0.3 is 20.6 Å². The van der Waals surface area contributed by atoms with E-state index in [1.807, 2.05) is 6.07 Å². The van der Waals surface area contributed by atoms with Gasteiger partial charge in [-0.2, -0.15) is 0 Å². The molecule has 0 bridgehead atoms. The molecule has 1 saturated heterocycles. The summed E-state index contributed by atoms with van der Waals surface area (Å²) in [6, 6.07) is 4.81. The smallest absolute Gasteiger partial charge is 0.305 e. The van der Waals surface area contributed by atoms with Crippen molar-refractivity contribution < 1.29 is 29.1 Å². The maximum Gasteiger partial charge on any atom is 0.305 e. The van der Waals surface area contributed by atoms with Crippen molar-refractivity contribution in [1.29, 1.82) is 0 Å². The van der Waals surface area contributed by atoms with Gasteiger partial charge in [0.2, 0.25) is 17.7 Å². The lowest BCUT2D eigenvalue weighted by Gasteiger charge is -2.29. The Hall–Kier alpha value is -3.43. The Bertz CT molecular complexity index is 916. The summed E-state index contributed by atoms with van der Waals surface area (Å²) < 4.78 is 0. The zero-order chi connectivity index (χ0) is 23.1. The van der Waals surface area contributed by atoms with Crippen molar-refractivity contribution >= 4 is 35.3 Å². The Morgan fingerprint density at radius 3 is 2.66 bits per heavy atom. The summed E-state index contributed by atoms with van der Waals surface area (Å²) in [6.07, 6.45) is 3.19. The zero-order valence-electron chi connectivity index (χ0n) is 17.8. The van der Waals surface area contributed by atoms with Crippen molar-refractivity contribution in [2.75, 3.05) is 18.4 Å². The lowest BCUT2D eigenvalue weighted by molar-refractivity contribution is -0.138. The summed E-state index contributed by atoms with van der Waals surface area (Å²) in [4.78, 5) is 60.0. The van der Waals surface area contributed by atoms with Gasteiger partial charge in [-0.1, -0.05) is 12.5 Å². The monoisotopic (exact) mass is 444 g/mol. The van der Waals surface area contributed by atoms with E-state index < -0.39 is 17.9 Å². The quantitative estimate of drug-likeness (QED) is 0.294. The maximum absolute atomic E-state index is 12.8. The molecule has 1 unspecified atom stereocenters.